The van der Waals surface area contributed by atoms with Gasteiger partial charge in [0.1, 0.15) is 0 Å². The zero-order valence-corrected chi connectivity index (χ0v) is 16.4. The highest BCUT2D eigenvalue weighted by Gasteiger charge is 2.62. The lowest BCUT2D eigenvalue weighted by Gasteiger charge is -2.40. The molecule has 0 bridgehead atoms. The maximum atomic E-state index is 12.9. The number of ether oxygens (including phenoxy) is 3. The molecule has 2 rings (SSSR count). The molecular weight excluding hydrogens is 320 g/mol. The number of epoxide rings is 1. The normalized spacial score (nSPS) is 31.2. The lowest BCUT2D eigenvalue weighted by Crippen LogP contribution is -2.48. The predicted octanol–water partition coefficient (Wildman–Crippen LogP) is 3.74. The number of rotatable bonds is 8. The fraction of sp³-hybridized carbons (Fsp3) is 0.900. The van der Waals surface area contributed by atoms with Gasteiger partial charge in [0, 0.05) is 5.92 Å². The minimum atomic E-state index is -0.477. The largest absolute Gasteiger partial charge is 0.465 e. The summed E-state index contributed by atoms with van der Waals surface area (Å²) in [5, 5.41) is 0. The summed E-state index contributed by atoms with van der Waals surface area (Å²) in [5.74, 6) is -1.49. The SMILES string of the molecule is CCCCOC(=O)C1C[C@H]2O[C@H]2C(C(C)(C)C)C1C(=O)OCCCC. The molecule has 0 spiro atoms. The van der Waals surface area contributed by atoms with Crippen LogP contribution in [0.4, 0.5) is 0 Å². The summed E-state index contributed by atoms with van der Waals surface area (Å²) in [6.45, 7) is 11.3. The van der Waals surface area contributed by atoms with Crippen LogP contribution in [0, 0.1) is 23.2 Å². The molecule has 5 atom stereocenters. The summed E-state index contributed by atoms with van der Waals surface area (Å²) < 4.78 is 16.8. The third-order valence-corrected chi connectivity index (χ3v) is 5.34. The minimum Gasteiger partial charge on any atom is -0.465 e. The smallest absolute Gasteiger partial charge is 0.310 e. The Balaban J connectivity index is 2.16. The average Bonchev–Trinajstić information content (AvgIpc) is 3.31. The van der Waals surface area contributed by atoms with Gasteiger partial charge >= 0.3 is 11.9 Å². The molecule has 144 valence electrons. The van der Waals surface area contributed by atoms with Gasteiger partial charge in [0.05, 0.1) is 37.3 Å². The van der Waals surface area contributed by atoms with Crippen molar-refractivity contribution in [2.45, 2.75) is 78.9 Å². The van der Waals surface area contributed by atoms with Crippen molar-refractivity contribution in [1.29, 1.82) is 0 Å². The second-order valence-electron chi connectivity index (χ2n) is 8.44. The molecule has 2 aliphatic rings. The monoisotopic (exact) mass is 354 g/mol. The first-order chi connectivity index (χ1) is 11.8. The van der Waals surface area contributed by atoms with Crippen LogP contribution >= 0.6 is 0 Å². The highest BCUT2D eigenvalue weighted by molar-refractivity contribution is 5.83. The van der Waals surface area contributed by atoms with Crippen molar-refractivity contribution in [2.75, 3.05) is 13.2 Å². The van der Waals surface area contributed by atoms with E-state index >= 15 is 0 Å². The van der Waals surface area contributed by atoms with Gasteiger partial charge < -0.3 is 14.2 Å². The number of fused-ring (bicyclic) bond motifs is 1. The highest BCUT2D eigenvalue weighted by atomic mass is 16.6. The summed E-state index contributed by atoms with van der Waals surface area (Å²) in [7, 11) is 0. The van der Waals surface area contributed by atoms with Crippen LogP contribution in [0.3, 0.4) is 0 Å². The van der Waals surface area contributed by atoms with E-state index in [0.717, 1.165) is 25.7 Å². The van der Waals surface area contributed by atoms with Gasteiger partial charge in [-0.15, -0.1) is 0 Å². The second kappa shape index (κ2) is 8.52. The van der Waals surface area contributed by atoms with Crippen molar-refractivity contribution in [3.05, 3.63) is 0 Å². The van der Waals surface area contributed by atoms with E-state index in [-0.39, 0.29) is 35.5 Å². The number of carbonyl (C=O) groups excluding carboxylic acids is 2. The number of unbranched alkanes of at least 4 members (excludes halogenated alkanes) is 2. The predicted molar refractivity (Wildman–Crippen MR) is 94.9 cm³/mol. The average molecular weight is 354 g/mol. The lowest BCUT2D eigenvalue weighted by molar-refractivity contribution is -0.167. The Labute approximate surface area is 151 Å². The molecule has 0 aromatic heterocycles. The molecule has 5 heteroatoms. The van der Waals surface area contributed by atoms with Crippen LogP contribution in [-0.4, -0.2) is 37.4 Å². The second-order valence-corrected chi connectivity index (χ2v) is 8.44. The van der Waals surface area contributed by atoms with Gasteiger partial charge in [-0.1, -0.05) is 47.5 Å². The Kier molecular flexibility index (Phi) is 6.89. The molecular formula is C20H34O5. The van der Waals surface area contributed by atoms with E-state index < -0.39 is 11.8 Å². The minimum absolute atomic E-state index is 0.0240. The fourth-order valence-corrected chi connectivity index (χ4v) is 3.94. The van der Waals surface area contributed by atoms with Crippen molar-refractivity contribution >= 4 is 11.9 Å². The van der Waals surface area contributed by atoms with Crippen molar-refractivity contribution < 1.29 is 23.8 Å². The van der Waals surface area contributed by atoms with Gasteiger partial charge in [-0.25, -0.2) is 0 Å². The molecule has 3 unspecified atom stereocenters. The van der Waals surface area contributed by atoms with Crippen LogP contribution in [-0.2, 0) is 23.8 Å². The zero-order chi connectivity index (χ0) is 18.6. The Morgan fingerprint density at radius 3 is 2.08 bits per heavy atom. The molecule has 1 saturated heterocycles. The fourth-order valence-electron chi connectivity index (χ4n) is 3.94. The van der Waals surface area contributed by atoms with Crippen molar-refractivity contribution in [1.82, 2.24) is 0 Å². The highest BCUT2D eigenvalue weighted by Crippen LogP contribution is 2.54. The molecule has 1 saturated carbocycles. The van der Waals surface area contributed by atoms with Crippen LogP contribution in [0.5, 0.6) is 0 Å². The van der Waals surface area contributed by atoms with E-state index in [4.69, 9.17) is 14.2 Å². The molecule has 0 aromatic rings. The lowest BCUT2D eigenvalue weighted by atomic mass is 9.62. The van der Waals surface area contributed by atoms with Gasteiger partial charge in [-0.2, -0.15) is 0 Å². The molecule has 25 heavy (non-hydrogen) atoms. The summed E-state index contributed by atoms with van der Waals surface area (Å²) in [4.78, 5) is 25.5. The Morgan fingerprint density at radius 1 is 1.00 bits per heavy atom. The first-order valence-electron chi connectivity index (χ1n) is 9.80. The van der Waals surface area contributed by atoms with Crippen LogP contribution < -0.4 is 0 Å². The number of carbonyl (C=O) groups is 2. The van der Waals surface area contributed by atoms with Crippen molar-refractivity contribution in [3.63, 3.8) is 0 Å². The summed E-state index contributed by atoms with van der Waals surface area (Å²) in [6, 6.07) is 0. The maximum absolute atomic E-state index is 12.9. The molecule has 1 aliphatic carbocycles. The van der Waals surface area contributed by atoms with E-state index in [0.29, 0.717) is 19.6 Å². The summed E-state index contributed by atoms with van der Waals surface area (Å²) >= 11 is 0. The Hall–Kier alpha value is -1.10. The number of hydrogen-bond donors (Lipinski definition) is 0. The molecule has 0 N–H and O–H groups in total. The van der Waals surface area contributed by atoms with E-state index in [1.54, 1.807) is 0 Å². The summed E-state index contributed by atoms with van der Waals surface area (Å²) in [6.07, 6.45) is 4.32. The van der Waals surface area contributed by atoms with E-state index in [2.05, 4.69) is 34.6 Å². The molecule has 2 fully saturated rings. The molecule has 0 amide bonds. The molecule has 1 heterocycles. The van der Waals surface area contributed by atoms with Gasteiger partial charge in [0.15, 0.2) is 0 Å². The molecule has 1 aliphatic heterocycles. The quantitative estimate of drug-likeness (QED) is 0.377. The first-order valence-corrected chi connectivity index (χ1v) is 9.80. The van der Waals surface area contributed by atoms with Gasteiger partial charge in [0.2, 0.25) is 0 Å². The van der Waals surface area contributed by atoms with Crippen molar-refractivity contribution in [2.24, 2.45) is 23.2 Å². The Bertz CT molecular complexity index is 467. The third kappa shape index (κ3) is 4.96. The van der Waals surface area contributed by atoms with Gasteiger partial charge in [0.25, 0.3) is 0 Å². The van der Waals surface area contributed by atoms with Crippen LogP contribution in [0.2, 0.25) is 0 Å². The van der Waals surface area contributed by atoms with Gasteiger partial charge in [-0.05, 0) is 24.7 Å². The van der Waals surface area contributed by atoms with E-state index in [1.807, 2.05) is 0 Å². The topological polar surface area (TPSA) is 65.1 Å². The maximum Gasteiger partial charge on any atom is 0.310 e. The van der Waals surface area contributed by atoms with Crippen LogP contribution in [0.25, 0.3) is 0 Å². The number of esters is 2. The molecule has 5 nitrogen and oxygen atoms in total. The van der Waals surface area contributed by atoms with E-state index in [1.165, 1.54) is 0 Å². The number of hydrogen-bond acceptors (Lipinski definition) is 5. The first kappa shape index (κ1) is 20.2. The molecule has 0 aromatic carbocycles. The zero-order valence-electron chi connectivity index (χ0n) is 16.4. The van der Waals surface area contributed by atoms with Crippen LogP contribution in [0.15, 0.2) is 0 Å². The van der Waals surface area contributed by atoms with E-state index in [9.17, 15) is 9.59 Å². The molecule has 0 radical (unpaired) electrons. The van der Waals surface area contributed by atoms with Crippen molar-refractivity contribution in [3.8, 4) is 0 Å². The summed E-state index contributed by atoms with van der Waals surface area (Å²) in [5.41, 5.74) is -0.143. The Morgan fingerprint density at radius 2 is 1.56 bits per heavy atom. The third-order valence-electron chi connectivity index (χ3n) is 5.34. The standard InChI is InChI=1S/C20H34O5/c1-6-8-10-23-18(21)13-12-14-17(25-14)16(20(3,4)5)15(13)19(22)24-11-9-7-2/h13-17H,6-12H2,1-5H3/t13?,14-,15?,16?,17-/m1/s1. The van der Waals surface area contributed by atoms with Crippen LogP contribution in [0.1, 0.15) is 66.7 Å². The van der Waals surface area contributed by atoms with Gasteiger partial charge in [-0.3, -0.25) is 9.59 Å².